The molecule has 25 heavy (non-hydrogen) atoms. The number of benzene rings is 2. The molecular formula is C20H25N3O2. The molecule has 1 aliphatic rings. The van der Waals surface area contributed by atoms with Crippen molar-refractivity contribution >= 4 is 5.91 Å². The van der Waals surface area contributed by atoms with Gasteiger partial charge in [0.05, 0.1) is 13.7 Å². The normalized spacial score (nSPS) is 20.4. The van der Waals surface area contributed by atoms with Gasteiger partial charge >= 0.3 is 0 Å². The van der Waals surface area contributed by atoms with Crippen LogP contribution in [0.1, 0.15) is 17.0 Å². The second kappa shape index (κ2) is 8.14. The second-order valence-corrected chi connectivity index (χ2v) is 6.50. The SMILES string of the molecule is COc1ccc(CNC(=O)CN2C[C@@H](N)[C@H](c3ccccc3)C2)cc1. The topological polar surface area (TPSA) is 67.6 Å². The van der Waals surface area contributed by atoms with Crippen molar-refractivity contribution in [3.8, 4) is 5.75 Å². The lowest BCUT2D eigenvalue weighted by molar-refractivity contribution is -0.122. The maximum absolute atomic E-state index is 12.2. The van der Waals surface area contributed by atoms with Crippen LogP contribution in [0.4, 0.5) is 0 Å². The Labute approximate surface area is 148 Å². The number of hydrogen-bond acceptors (Lipinski definition) is 4. The fourth-order valence-electron chi connectivity index (χ4n) is 3.30. The average molecular weight is 339 g/mol. The lowest BCUT2D eigenvalue weighted by atomic mass is 9.95. The molecule has 5 heteroatoms. The van der Waals surface area contributed by atoms with Gasteiger partial charge in [0.15, 0.2) is 0 Å². The van der Waals surface area contributed by atoms with Gasteiger partial charge in [0.25, 0.3) is 0 Å². The molecule has 0 spiro atoms. The number of rotatable bonds is 6. The van der Waals surface area contributed by atoms with E-state index in [1.165, 1.54) is 5.56 Å². The number of likely N-dealkylation sites (tertiary alicyclic amines) is 1. The van der Waals surface area contributed by atoms with Crippen molar-refractivity contribution in [2.75, 3.05) is 26.7 Å². The van der Waals surface area contributed by atoms with Crippen LogP contribution >= 0.6 is 0 Å². The van der Waals surface area contributed by atoms with Crippen LogP contribution in [0.3, 0.4) is 0 Å². The quantitative estimate of drug-likeness (QED) is 0.841. The molecule has 5 nitrogen and oxygen atoms in total. The first-order valence-electron chi connectivity index (χ1n) is 8.58. The van der Waals surface area contributed by atoms with Crippen molar-refractivity contribution in [3.05, 3.63) is 65.7 Å². The van der Waals surface area contributed by atoms with Crippen LogP contribution in [0.2, 0.25) is 0 Å². The van der Waals surface area contributed by atoms with Crippen LogP contribution in [0, 0.1) is 0 Å². The summed E-state index contributed by atoms with van der Waals surface area (Å²) in [5.74, 6) is 1.13. The van der Waals surface area contributed by atoms with Crippen molar-refractivity contribution in [1.29, 1.82) is 0 Å². The van der Waals surface area contributed by atoms with Crippen LogP contribution in [-0.4, -0.2) is 43.6 Å². The molecule has 0 bridgehead atoms. The molecule has 0 saturated carbocycles. The van der Waals surface area contributed by atoms with Crippen LogP contribution in [0.15, 0.2) is 54.6 Å². The third kappa shape index (κ3) is 4.59. The minimum atomic E-state index is 0.0247. The van der Waals surface area contributed by atoms with Gasteiger partial charge < -0.3 is 15.8 Å². The highest BCUT2D eigenvalue weighted by molar-refractivity contribution is 5.78. The van der Waals surface area contributed by atoms with Crippen molar-refractivity contribution in [2.45, 2.75) is 18.5 Å². The molecule has 1 saturated heterocycles. The highest BCUT2D eigenvalue weighted by Gasteiger charge is 2.31. The van der Waals surface area contributed by atoms with Gasteiger partial charge in [-0.3, -0.25) is 9.69 Å². The number of methoxy groups -OCH3 is 1. The predicted molar refractivity (Wildman–Crippen MR) is 98.4 cm³/mol. The van der Waals surface area contributed by atoms with E-state index in [-0.39, 0.29) is 17.9 Å². The summed E-state index contributed by atoms with van der Waals surface area (Å²) in [7, 11) is 1.64. The molecule has 0 aliphatic carbocycles. The molecule has 2 aromatic rings. The summed E-state index contributed by atoms with van der Waals surface area (Å²) >= 11 is 0. The molecule has 0 aromatic heterocycles. The maximum Gasteiger partial charge on any atom is 0.234 e. The van der Waals surface area contributed by atoms with Gasteiger partial charge in [-0.15, -0.1) is 0 Å². The van der Waals surface area contributed by atoms with Crippen molar-refractivity contribution in [3.63, 3.8) is 0 Å². The third-order valence-electron chi connectivity index (χ3n) is 4.68. The number of nitrogens with zero attached hydrogens (tertiary/aromatic N) is 1. The van der Waals surface area contributed by atoms with Gasteiger partial charge in [0.1, 0.15) is 5.75 Å². The van der Waals surface area contributed by atoms with E-state index in [1.807, 2.05) is 42.5 Å². The van der Waals surface area contributed by atoms with Gasteiger partial charge in [0, 0.05) is 31.6 Å². The zero-order valence-corrected chi connectivity index (χ0v) is 14.5. The first-order valence-corrected chi connectivity index (χ1v) is 8.58. The highest BCUT2D eigenvalue weighted by Crippen LogP contribution is 2.25. The Morgan fingerprint density at radius 3 is 2.56 bits per heavy atom. The summed E-state index contributed by atoms with van der Waals surface area (Å²) in [5.41, 5.74) is 8.58. The summed E-state index contributed by atoms with van der Waals surface area (Å²) in [6, 6.07) is 18.1. The van der Waals surface area contributed by atoms with E-state index in [2.05, 4.69) is 22.3 Å². The fourth-order valence-corrected chi connectivity index (χ4v) is 3.30. The Balaban J connectivity index is 1.48. The van der Waals surface area contributed by atoms with Crippen LogP contribution < -0.4 is 15.8 Å². The van der Waals surface area contributed by atoms with E-state index in [9.17, 15) is 4.79 Å². The molecule has 3 N–H and O–H groups in total. The zero-order valence-electron chi connectivity index (χ0n) is 14.5. The largest absolute Gasteiger partial charge is 0.497 e. The second-order valence-electron chi connectivity index (χ2n) is 6.50. The standard InChI is InChI=1S/C20H25N3O2/c1-25-17-9-7-15(8-10-17)11-22-20(24)14-23-12-18(19(21)13-23)16-5-3-2-4-6-16/h2-10,18-19H,11-14,21H2,1H3,(H,22,24)/t18-,19+/m0/s1. The van der Waals surface area contributed by atoms with Gasteiger partial charge in [-0.25, -0.2) is 0 Å². The monoisotopic (exact) mass is 339 g/mol. The molecular weight excluding hydrogens is 314 g/mol. The molecule has 132 valence electrons. The molecule has 3 rings (SSSR count). The van der Waals surface area contributed by atoms with Gasteiger partial charge in [-0.1, -0.05) is 42.5 Å². The maximum atomic E-state index is 12.2. The number of amides is 1. The van der Waals surface area contributed by atoms with Crippen molar-refractivity contribution < 1.29 is 9.53 Å². The Kier molecular flexibility index (Phi) is 5.68. The van der Waals surface area contributed by atoms with E-state index in [1.54, 1.807) is 7.11 Å². The molecule has 1 aliphatic heterocycles. The molecule has 0 radical (unpaired) electrons. The lowest BCUT2D eigenvalue weighted by Gasteiger charge is -2.16. The molecule has 1 fully saturated rings. The smallest absolute Gasteiger partial charge is 0.234 e. The number of hydrogen-bond donors (Lipinski definition) is 2. The zero-order chi connectivity index (χ0) is 17.6. The van der Waals surface area contributed by atoms with Crippen LogP contribution in [0.25, 0.3) is 0 Å². The van der Waals surface area contributed by atoms with Gasteiger partial charge in [-0.05, 0) is 23.3 Å². The molecule has 0 unspecified atom stereocenters. The number of carbonyl (C=O) groups is 1. The van der Waals surface area contributed by atoms with E-state index in [0.717, 1.165) is 24.4 Å². The Morgan fingerprint density at radius 1 is 1.16 bits per heavy atom. The van der Waals surface area contributed by atoms with Crippen molar-refractivity contribution in [1.82, 2.24) is 10.2 Å². The average Bonchev–Trinajstić information content (AvgIpc) is 3.01. The van der Waals surface area contributed by atoms with Crippen LogP contribution in [-0.2, 0) is 11.3 Å². The highest BCUT2D eigenvalue weighted by atomic mass is 16.5. The van der Waals surface area contributed by atoms with E-state index < -0.39 is 0 Å². The fraction of sp³-hybridized carbons (Fsp3) is 0.350. The minimum Gasteiger partial charge on any atom is -0.497 e. The summed E-state index contributed by atoms with van der Waals surface area (Å²) in [6.07, 6.45) is 0. The molecule has 1 amide bonds. The summed E-state index contributed by atoms with van der Waals surface area (Å²) in [6.45, 7) is 2.47. The van der Waals surface area contributed by atoms with E-state index >= 15 is 0 Å². The Morgan fingerprint density at radius 2 is 1.88 bits per heavy atom. The first kappa shape index (κ1) is 17.5. The molecule has 2 aromatic carbocycles. The Hall–Kier alpha value is -2.37. The number of nitrogens with one attached hydrogen (secondary N) is 1. The minimum absolute atomic E-state index is 0.0247. The van der Waals surface area contributed by atoms with E-state index in [4.69, 9.17) is 10.5 Å². The first-order chi connectivity index (χ1) is 12.2. The van der Waals surface area contributed by atoms with Crippen LogP contribution in [0.5, 0.6) is 5.75 Å². The van der Waals surface area contributed by atoms with Gasteiger partial charge in [0.2, 0.25) is 5.91 Å². The van der Waals surface area contributed by atoms with Crippen molar-refractivity contribution in [2.24, 2.45) is 5.73 Å². The third-order valence-corrected chi connectivity index (χ3v) is 4.68. The Bertz CT molecular complexity index is 688. The number of nitrogens with two attached hydrogens (primary N) is 1. The molecule has 1 heterocycles. The summed E-state index contributed by atoms with van der Waals surface area (Å²) < 4.78 is 5.13. The van der Waals surface area contributed by atoms with E-state index in [0.29, 0.717) is 13.1 Å². The summed E-state index contributed by atoms with van der Waals surface area (Å²) in [4.78, 5) is 14.4. The lowest BCUT2D eigenvalue weighted by Crippen LogP contribution is -2.37. The van der Waals surface area contributed by atoms with Gasteiger partial charge in [-0.2, -0.15) is 0 Å². The number of ether oxygens (including phenoxy) is 1. The predicted octanol–water partition coefficient (Wildman–Crippen LogP) is 1.74. The molecule has 2 atom stereocenters. The number of carbonyl (C=O) groups excluding carboxylic acids is 1. The summed E-state index contributed by atoms with van der Waals surface area (Å²) in [5, 5.41) is 2.97.